The van der Waals surface area contributed by atoms with E-state index in [2.05, 4.69) is 56.4 Å². The highest BCUT2D eigenvalue weighted by atomic mass is 14.9. The molecule has 0 heterocycles. The molecule has 2 saturated carbocycles. The Hall–Kier alpha value is -0.820. The van der Waals surface area contributed by atoms with E-state index < -0.39 is 0 Å². The quantitative estimate of drug-likeness (QED) is 0.847. The summed E-state index contributed by atoms with van der Waals surface area (Å²) < 4.78 is 0. The molecule has 0 amide bonds. The van der Waals surface area contributed by atoms with Crippen LogP contribution in [-0.4, -0.2) is 6.54 Å². The standard InChI is InChI=1S/C17H25N/c1-16(2)14-9-17(3,10-15(14)16)12-18-11-13-7-5-4-6-8-13/h4-8,14-15,18H,9-12H2,1-3H3/t14-,15?,17?/m0/s1. The van der Waals surface area contributed by atoms with Gasteiger partial charge in [-0.05, 0) is 41.1 Å². The van der Waals surface area contributed by atoms with Crippen molar-refractivity contribution in [1.82, 2.24) is 5.32 Å². The van der Waals surface area contributed by atoms with Gasteiger partial charge >= 0.3 is 0 Å². The van der Waals surface area contributed by atoms with Gasteiger partial charge in [0.2, 0.25) is 0 Å². The average molecular weight is 243 g/mol. The van der Waals surface area contributed by atoms with Crippen molar-refractivity contribution in [3.8, 4) is 0 Å². The summed E-state index contributed by atoms with van der Waals surface area (Å²) in [7, 11) is 0. The molecule has 2 fully saturated rings. The third kappa shape index (κ3) is 2.09. The topological polar surface area (TPSA) is 12.0 Å². The van der Waals surface area contributed by atoms with Crippen molar-refractivity contribution in [3.63, 3.8) is 0 Å². The number of nitrogens with one attached hydrogen (secondary N) is 1. The van der Waals surface area contributed by atoms with Crippen molar-refractivity contribution in [2.24, 2.45) is 22.7 Å². The summed E-state index contributed by atoms with van der Waals surface area (Å²) in [6, 6.07) is 10.7. The van der Waals surface area contributed by atoms with Crippen LogP contribution in [0, 0.1) is 22.7 Å². The number of benzene rings is 1. The smallest absolute Gasteiger partial charge is 0.0205 e. The Labute approximate surface area is 111 Å². The first-order chi connectivity index (χ1) is 8.51. The van der Waals surface area contributed by atoms with Gasteiger partial charge in [-0.3, -0.25) is 0 Å². The van der Waals surface area contributed by atoms with Crippen molar-refractivity contribution in [1.29, 1.82) is 0 Å². The molecule has 2 aliphatic carbocycles. The zero-order chi connectivity index (χ0) is 12.8. The molecule has 0 aliphatic heterocycles. The molecule has 0 bridgehead atoms. The Kier molecular flexibility index (Phi) is 2.78. The van der Waals surface area contributed by atoms with Crippen LogP contribution in [0.15, 0.2) is 30.3 Å². The molecule has 3 atom stereocenters. The first kappa shape index (κ1) is 12.2. The van der Waals surface area contributed by atoms with Crippen molar-refractivity contribution in [3.05, 3.63) is 35.9 Å². The fourth-order valence-electron chi connectivity index (χ4n) is 4.06. The summed E-state index contributed by atoms with van der Waals surface area (Å²) in [5, 5.41) is 3.65. The molecule has 3 rings (SSSR count). The van der Waals surface area contributed by atoms with Crippen LogP contribution in [0.25, 0.3) is 0 Å². The molecule has 0 spiro atoms. The Bertz CT molecular complexity index is 406. The predicted octanol–water partition coefficient (Wildman–Crippen LogP) is 3.85. The first-order valence-corrected chi connectivity index (χ1v) is 7.26. The molecule has 1 N–H and O–H groups in total. The Balaban J connectivity index is 1.48. The minimum atomic E-state index is 0.541. The maximum absolute atomic E-state index is 3.65. The highest BCUT2D eigenvalue weighted by Crippen LogP contribution is 2.71. The van der Waals surface area contributed by atoms with Gasteiger partial charge in [0.15, 0.2) is 0 Å². The Morgan fingerprint density at radius 2 is 1.67 bits per heavy atom. The number of fused-ring (bicyclic) bond motifs is 1. The number of hydrogen-bond donors (Lipinski definition) is 1. The van der Waals surface area contributed by atoms with Gasteiger partial charge < -0.3 is 5.32 Å². The number of hydrogen-bond acceptors (Lipinski definition) is 1. The fourth-order valence-corrected chi connectivity index (χ4v) is 4.06. The zero-order valence-electron chi connectivity index (χ0n) is 11.9. The van der Waals surface area contributed by atoms with E-state index in [0.29, 0.717) is 10.8 Å². The molecule has 98 valence electrons. The molecule has 0 radical (unpaired) electrons. The van der Waals surface area contributed by atoms with Crippen molar-refractivity contribution in [2.45, 2.75) is 40.2 Å². The maximum atomic E-state index is 3.65. The highest BCUT2D eigenvalue weighted by molar-refractivity contribution is 5.15. The minimum absolute atomic E-state index is 0.541. The fraction of sp³-hybridized carbons (Fsp3) is 0.647. The number of rotatable bonds is 4. The molecule has 0 saturated heterocycles. The third-order valence-electron chi connectivity index (χ3n) is 5.44. The molecule has 2 unspecified atom stereocenters. The SMILES string of the molecule is CC1(CNCc2ccccc2)CC2[C@H](C1)C2(C)C. The van der Waals surface area contributed by atoms with Crippen LogP contribution in [-0.2, 0) is 6.54 Å². The van der Waals surface area contributed by atoms with Gasteiger partial charge in [0.05, 0.1) is 0 Å². The van der Waals surface area contributed by atoms with Gasteiger partial charge in [-0.15, -0.1) is 0 Å². The zero-order valence-corrected chi connectivity index (χ0v) is 11.9. The normalized spacial score (nSPS) is 36.4. The van der Waals surface area contributed by atoms with E-state index in [0.717, 1.165) is 18.4 Å². The van der Waals surface area contributed by atoms with Gasteiger partial charge in [-0.25, -0.2) is 0 Å². The van der Waals surface area contributed by atoms with E-state index in [9.17, 15) is 0 Å². The van der Waals surface area contributed by atoms with Crippen molar-refractivity contribution >= 4 is 0 Å². The average Bonchev–Trinajstić information content (AvgIpc) is 2.71. The molecule has 0 aromatic heterocycles. The highest BCUT2D eigenvalue weighted by Gasteiger charge is 2.64. The van der Waals surface area contributed by atoms with E-state index >= 15 is 0 Å². The molecule has 1 aromatic carbocycles. The van der Waals surface area contributed by atoms with Crippen LogP contribution >= 0.6 is 0 Å². The molecule has 1 nitrogen and oxygen atoms in total. The lowest BCUT2D eigenvalue weighted by Gasteiger charge is -2.29. The van der Waals surface area contributed by atoms with Gasteiger partial charge in [0, 0.05) is 13.1 Å². The van der Waals surface area contributed by atoms with Crippen molar-refractivity contribution in [2.75, 3.05) is 6.54 Å². The molecule has 1 aromatic rings. The lowest BCUT2D eigenvalue weighted by Crippen LogP contribution is -2.31. The Morgan fingerprint density at radius 3 is 2.28 bits per heavy atom. The minimum Gasteiger partial charge on any atom is -0.312 e. The van der Waals surface area contributed by atoms with E-state index in [4.69, 9.17) is 0 Å². The molecule has 1 heteroatoms. The van der Waals surface area contributed by atoms with Gasteiger partial charge in [0.1, 0.15) is 0 Å². The summed E-state index contributed by atoms with van der Waals surface area (Å²) in [6.07, 6.45) is 2.85. The van der Waals surface area contributed by atoms with E-state index in [1.165, 1.54) is 24.9 Å². The molecular weight excluding hydrogens is 218 g/mol. The van der Waals surface area contributed by atoms with Crippen LogP contribution in [0.2, 0.25) is 0 Å². The largest absolute Gasteiger partial charge is 0.312 e. The van der Waals surface area contributed by atoms with Crippen LogP contribution in [0.3, 0.4) is 0 Å². The monoisotopic (exact) mass is 243 g/mol. The summed E-state index contributed by atoms with van der Waals surface area (Å²) in [4.78, 5) is 0. The first-order valence-electron chi connectivity index (χ1n) is 7.26. The lowest BCUT2D eigenvalue weighted by atomic mass is 9.80. The van der Waals surface area contributed by atoms with Gasteiger partial charge in [-0.2, -0.15) is 0 Å². The molecule has 18 heavy (non-hydrogen) atoms. The second kappa shape index (κ2) is 4.09. The summed E-state index contributed by atoms with van der Waals surface area (Å²) in [6.45, 7) is 9.53. The predicted molar refractivity (Wildman–Crippen MR) is 76.3 cm³/mol. The molecular formula is C17H25N. The van der Waals surface area contributed by atoms with Crippen molar-refractivity contribution < 1.29 is 0 Å². The summed E-state index contributed by atoms with van der Waals surface area (Å²) >= 11 is 0. The van der Waals surface area contributed by atoms with Crippen LogP contribution in [0.5, 0.6) is 0 Å². The van der Waals surface area contributed by atoms with Crippen LogP contribution in [0.4, 0.5) is 0 Å². The summed E-state index contributed by atoms with van der Waals surface area (Å²) in [5.41, 5.74) is 2.59. The van der Waals surface area contributed by atoms with Crippen LogP contribution < -0.4 is 5.32 Å². The van der Waals surface area contributed by atoms with E-state index in [1.54, 1.807) is 0 Å². The molecule has 2 aliphatic rings. The van der Waals surface area contributed by atoms with Crippen LogP contribution in [0.1, 0.15) is 39.2 Å². The second-order valence-electron chi connectivity index (χ2n) is 7.34. The van der Waals surface area contributed by atoms with E-state index in [-0.39, 0.29) is 0 Å². The van der Waals surface area contributed by atoms with Gasteiger partial charge in [0.25, 0.3) is 0 Å². The van der Waals surface area contributed by atoms with E-state index in [1.807, 2.05) is 0 Å². The summed E-state index contributed by atoms with van der Waals surface area (Å²) in [5.74, 6) is 2.00. The lowest BCUT2D eigenvalue weighted by molar-refractivity contribution is 0.239. The second-order valence-corrected chi connectivity index (χ2v) is 7.34. The Morgan fingerprint density at radius 1 is 1.06 bits per heavy atom. The third-order valence-corrected chi connectivity index (χ3v) is 5.44. The maximum Gasteiger partial charge on any atom is 0.0205 e. The van der Waals surface area contributed by atoms with Gasteiger partial charge in [-0.1, -0.05) is 51.1 Å².